The predicted molar refractivity (Wildman–Crippen MR) is 71.3 cm³/mol. The van der Waals surface area contributed by atoms with Crippen LogP contribution in [0.3, 0.4) is 0 Å². The number of hydrogen-bond donors (Lipinski definition) is 1. The number of halogens is 2. The fourth-order valence-electron chi connectivity index (χ4n) is 1.90. The molecule has 18 heavy (non-hydrogen) atoms. The van der Waals surface area contributed by atoms with Gasteiger partial charge in [0.05, 0.1) is 11.1 Å². The molecule has 0 spiro atoms. The van der Waals surface area contributed by atoms with Gasteiger partial charge in [0.15, 0.2) is 0 Å². The largest absolute Gasteiger partial charge is 0.392 e. The Hall–Kier alpha value is -1.38. The molecule has 0 aliphatic rings. The molecular formula is C15H14ClFO. The van der Waals surface area contributed by atoms with Crippen molar-refractivity contribution in [2.45, 2.75) is 18.9 Å². The Morgan fingerprint density at radius 1 is 1.00 bits per heavy atom. The molecule has 0 radical (unpaired) electrons. The molecule has 1 nitrogen and oxygen atoms in total. The monoisotopic (exact) mass is 264 g/mol. The van der Waals surface area contributed by atoms with E-state index in [2.05, 4.69) is 0 Å². The zero-order valence-electron chi connectivity index (χ0n) is 9.81. The van der Waals surface area contributed by atoms with Crippen LogP contribution in [0.25, 0.3) is 0 Å². The van der Waals surface area contributed by atoms with Crippen LogP contribution in [0.5, 0.6) is 0 Å². The number of rotatable bonds is 4. The van der Waals surface area contributed by atoms with E-state index in [0.29, 0.717) is 12.8 Å². The minimum atomic E-state index is -0.520. The van der Waals surface area contributed by atoms with Gasteiger partial charge in [-0.15, -0.1) is 0 Å². The Labute approximate surface area is 111 Å². The second kappa shape index (κ2) is 5.98. The first-order chi connectivity index (χ1) is 8.65. The summed E-state index contributed by atoms with van der Waals surface area (Å²) in [6.45, 7) is 0. The second-order valence-electron chi connectivity index (χ2n) is 4.30. The van der Waals surface area contributed by atoms with E-state index in [9.17, 15) is 9.50 Å². The summed E-state index contributed by atoms with van der Waals surface area (Å²) in [6.07, 6.45) is 0.460. The fourth-order valence-corrected chi connectivity index (χ4v) is 2.01. The normalized spacial score (nSPS) is 12.4. The van der Waals surface area contributed by atoms with E-state index in [0.717, 1.165) is 11.1 Å². The molecule has 1 unspecified atom stereocenters. The Morgan fingerprint density at radius 3 is 2.33 bits per heavy atom. The quantitative estimate of drug-likeness (QED) is 0.894. The van der Waals surface area contributed by atoms with E-state index < -0.39 is 11.9 Å². The summed E-state index contributed by atoms with van der Waals surface area (Å²) in [5.74, 6) is -0.443. The van der Waals surface area contributed by atoms with Crippen LogP contribution in [0.4, 0.5) is 4.39 Å². The third kappa shape index (κ3) is 3.56. The molecule has 0 aromatic heterocycles. The summed E-state index contributed by atoms with van der Waals surface area (Å²) in [5, 5.41) is 10.1. The molecule has 2 aromatic carbocycles. The molecule has 2 aromatic rings. The lowest BCUT2D eigenvalue weighted by atomic mass is 10.0. The van der Waals surface area contributed by atoms with Gasteiger partial charge in [-0.1, -0.05) is 48.0 Å². The molecule has 1 N–H and O–H groups in total. The van der Waals surface area contributed by atoms with Crippen molar-refractivity contribution in [1.29, 1.82) is 0 Å². The highest BCUT2D eigenvalue weighted by Crippen LogP contribution is 2.17. The van der Waals surface area contributed by atoms with E-state index in [1.54, 1.807) is 6.07 Å². The van der Waals surface area contributed by atoms with Crippen molar-refractivity contribution in [2.24, 2.45) is 0 Å². The number of aliphatic hydroxyl groups is 1. The molecule has 0 aliphatic heterocycles. The maximum absolute atomic E-state index is 13.2. The van der Waals surface area contributed by atoms with Crippen LogP contribution >= 0.6 is 11.6 Å². The van der Waals surface area contributed by atoms with Crippen LogP contribution in [0.2, 0.25) is 5.02 Å². The summed E-state index contributed by atoms with van der Waals surface area (Å²) < 4.78 is 13.2. The molecule has 94 valence electrons. The second-order valence-corrected chi connectivity index (χ2v) is 4.70. The Bertz CT molecular complexity index is 513. The lowest BCUT2D eigenvalue weighted by Crippen LogP contribution is -2.14. The maximum atomic E-state index is 13.2. The Kier molecular flexibility index (Phi) is 4.34. The van der Waals surface area contributed by atoms with Gasteiger partial charge in [0.25, 0.3) is 0 Å². The summed E-state index contributed by atoms with van der Waals surface area (Å²) in [6, 6.07) is 14.4. The molecule has 0 fully saturated rings. The van der Waals surface area contributed by atoms with Crippen LogP contribution in [0.15, 0.2) is 48.5 Å². The SMILES string of the molecule is OC(Cc1ccccc1)Cc1ccc(Cl)c(F)c1. The lowest BCUT2D eigenvalue weighted by Gasteiger charge is -2.11. The number of aliphatic hydroxyl groups excluding tert-OH is 1. The Morgan fingerprint density at radius 2 is 1.67 bits per heavy atom. The minimum Gasteiger partial charge on any atom is -0.392 e. The highest BCUT2D eigenvalue weighted by molar-refractivity contribution is 6.30. The zero-order valence-corrected chi connectivity index (χ0v) is 10.6. The molecular weight excluding hydrogens is 251 g/mol. The summed E-state index contributed by atoms with van der Waals surface area (Å²) in [7, 11) is 0. The number of hydrogen-bond acceptors (Lipinski definition) is 1. The molecule has 2 rings (SSSR count). The molecule has 1 atom stereocenters. The smallest absolute Gasteiger partial charge is 0.142 e. The van der Waals surface area contributed by atoms with Crippen molar-refractivity contribution in [3.8, 4) is 0 Å². The van der Waals surface area contributed by atoms with Gasteiger partial charge < -0.3 is 5.11 Å². The van der Waals surface area contributed by atoms with Gasteiger partial charge in [-0.3, -0.25) is 0 Å². The first-order valence-corrected chi connectivity index (χ1v) is 6.19. The van der Waals surface area contributed by atoms with E-state index in [1.165, 1.54) is 12.1 Å². The van der Waals surface area contributed by atoms with Gasteiger partial charge in [-0.25, -0.2) is 4.39 Å². The minimum absolute atomic E-state index is 0.108. The highest BCUT2D eigenvalue weighted by Gasteiger charge is 2.08. The van der Waals surface area contributed by atoms with Gasteiger partial charge in [-0.2, -0.15) is 0 Å². The maximum Gasteiger partial charge on any atom is 0.142 e. The van der Waals surface area contributed by atoms with Crippen molar-refractivity contribution in [2.75, 3.05) is 0 Å². The average Bonchev–Trinajstić information content (AvgIpc) is 2.35. The number of benzene rings is 2. The molecule has 0 aliphatic carbocycles. The van der Waals surface area contributed by atoms with E-state index in [-0.39, 0.29) is 5.02 Å². The predicted octanol–water partition coefficient (Wildman–Crippen LogP) is 3.63. The summed E-state index contributed by atoms with van der Waals surface area (Å²) in [4.78, 5) is 0. The zero-order chi connectivity index (χ0) is 13.0. The topological polar surface area (TPSA) is 20.2 Å². The van der Waals surface area contributed by atoms with Gasteiger partial charge in [-0.05, 0) is 36.1 Å². The molecule has 3 heteroatoms. The van der Waals surface area contributed by atoms with Crippen molar-refractivity contribution in [3.05, 3.63) is 70.5 Å². The van der Waals surface area contributed by atoms with Crippen LogP contribution < -0.4 is 0 Å². The summed E-state index contributed by atoms with van der Waals surface area (Å²) in [5.41, 5.74) is 1.82. The molecule has 0 saturated heterocycles. The lowest BCUT2D eigenvalue weighted by molar-refractivity contribution is 0.175. The van der Waals surface area contributed by atoms with Gasteiger partial charge >= 0.3 is 0 Å². The van der Waals surface area contributed by atoms with Crippen LogP contribution in [-0.4, -0.2) is 11.2 Å². The van der Waals surface area contributed by atoms with Gasteiger partial charge in [0, 0.05) is 0 Å². The van der Waals surface area contributed by atoms with Gasteiger partial charge in [0.1, 0.15) is 5.82 Å². The standard InChI is InChI=1S/C15H14ClFO/c16-14-7-6-12(10-15(14)17)9-13(18)8-11-4-2-1-3-5-11/h1-7,10,13,18H,8-9H2. The van der Waals surface area contributed by atoms with Gasteiger partial charge in [0.2, 0.25) is 0 Å². The molecule has 0 saturated carbocycles. The third-order valence-electron chi connectivity index (χ3n) is 2.77. The highest BCUT2D eigenvalue weighted by atomic mass is 35.5. The Balaban J connectivity index is 1.99. The van der Waals surface area contributed by atoms with E-state index >= 15 is 0 Å². The van der Waals surface area contributed by atoms with E-state index in [4.69, 9.17) is 11.6 Å². The van der Waals surface area contributed by atoms with Crippen LogP contribution in [-0.2, 0) is 12.8 Å². The third-order valence-corrected chi connectivity index (χ3v) is 3.08. The molecule has 0 bridgehead atoms. The molecule has 0 heterocycles. The fraction of sp³-hybridized carbons (Fsp3) is 0.200. The van der Waals surface area contributed by atoms with E-state index in [1.807, 2.05) is 30.3 Å². The molecule has 0 amide bonds. The van der Waals surface area contributed by atoms with Crippen molar-refractivity contribution < 1.29 is 9.50 Å². The van der Waals surface area contributed by atoms with Crippen molar-refractivity contribution >= 4 is 11.6 Å². The first kappa shape index (κ1) is 13.1. The summed E-state index contributed by atoms with van der Waals surface area (Å²) >= 11 is 5.61. The van der Waals surface area contributed by atoms with Crippen LogP contribution in [0, 0.1) is 5.82 Å². The van der Waals surface area contributed by atoms with Crippen molar-refractivity contribution in [1.82, 2.24) is 0 Å². The van der Waals surface area contributed by atoms with Crippen LogP contribution in [0.1, 0.15) is 11.1 Å². The first-order valence-electron chi connectivity index (χ1n) is 5.81. The average molecular weight is 265 g/mol. The van der Waals surface area contributed by atoms with Crippen molar-refractivity contribution in [3.63, 3.8) is 0 Å².